The quantitative estimate of drug-likeness (QED) is 0.697. The van der Waals surface area contributed by atoms with E-state index in [2.05, 4.69) is 30.9 Å². The monoisotopic (exact) mass is 340 g/mol. The van der Waals surface area contributed by atoms with Crippen molar-refractivity contribution in [1.29, 1.82) is 0 Å². The molecule has 1 aliphatic rings. The average Bonchev–Trinajstić information content (AvgIpc) is 3.26. The molecule has 134 valence electrons. The van der Waals surface area contributed by atoms with Crippen molar-refractivity contribution < 1.29 is 9.21 Å². The molecule has 2 atom stereocenters. The largest absolute Gasteiger partial charge is 0.469 e. The molecule has 0 radical (unpaired) electrons. The lowest BCUT2D eigenvalue weighted by molar-refractivity contribution is -0.133. The number of amides is 1. The van der Waals surface area contributed by atoms with Crippen LogP contribution in [0.15, 0.2) is 53.1 Å². The Morgan fingerprint density at radius 2 is 1.84 bits per heavy atom. The number of benzene rings is 1. The predicted molar refractivity (Wildman–Crippen MR) is 99.2 cm³/mol. The first-order chi connectivity index (χ1) is 12.2. The molecule has 1 aromatic carbocycles. The Hall–Kier alpha value is -2.07. The summed E-state index contributed by atoms with van der Waals surface area (Å²) in [5.74, 6) is 1.54. The summed E-state index contributed by atoms with van der Waals surface area (Å²) in [6.45, 7) is 8.74. The maximum atomic E-state index is 13.1. The number of hydrogen-bond acceptors (Lipinski definition) is 3. The molecule has 0 N–H and O–H groups in total. The van der Waals surface area contributed by atoms with Crippen LogP contribution in [0.3, 0.4) is 0 Å². The first-order valence-electron chi connectivity index (χ1n) is 9.31. The second kappa shape index (κ2) is 8.34. The highest BCUT2D eigenvalue weighted by atomic mass is 16.3. The molecule has 1 saturated carbocycles. The fourth-order valence-electron chi connectivity index (χ4n) is 3.39. The van der Waals surface area contributed by atoms with Crippen molar-refractivity contribution >= 4 is 5.91 Å². The number of rotatable bonds is 9. The SMILES string of the molecule is CCN(CC)CCN(Cc1ccccc1)C(=O)[C@@H]1C[C@@H]1c1ccco1. The number of hydrogen-bond donors (Lipinski definition) is 0. The van der Waals surface area contributed by atoms with Crippen LogP contribution in [0.25, 0.3) is 0 Å². The lowest BCUT2D eigenvalue weighted by Crippen LogP contribution is -2.39. The molecular weight excluding hydrogens is 312 g/mol. The standard InChI is InChI=1S/C21H28N2O2/c1-3-22(4-2)12-13-23(16-17-9-6-5-7-10-17)21(24)19-15-18(19)20-11-8-14-25-20/h5-11,14,18-19H,3-4,12-13,15-16H2,1-2H3/t18-,19+/m0/s1. The summed E-state index contributed by atoms with van der Waals surface area (Å²) < 4.78 is 5.49. The minimum atomic E-state index is 0.0755. The molecule has 1 amide bonds. The van der Waals surface area contributed by atoms with Gasteiger partial charge in [0.1, 0.15) is 5.76 Å². The van der Waals surface area contributed by atoms with E-state index in [4.69, 9.17) is 4.42 Å². The van der Waals surface area contributed by atoms with E-state index in [1.807, 2.05) is 35.2 Å². The van der Waals surface area contributed by atoms with Gasteiger partial charge in [-0.05, 0) is 37.2 Å². The van der Waals surface area contributed by atoms with Gasteiger partial charge in [0.2, 0.25) is 5.91 Å². The maximum absolute atomic E-state index is 13.1. The van der Waals surface area contributed by atoms with Gasteiger partial charge in [0, 0.05) is 31.5 Å². The Morgan fingerprint density at radius 1 is 1.08 bits per heavy atom. The molecule has 0 spiro atoms. The molecule has 3 rings (SSSR count). The maximum Gasteiger partial charge on any atom is 0.226 e. The number of likely N-dealkylation sites (N-methyl/N-ethyl adjacent to an activating group) is 1. The molecule has 0 unspecified atom stereocenters. The summed E-state index contributed by atoms with van der Waals surface area (Å²) in [5, 5.41) is 0. The van der Waals surface area contributed by atoms with E-state index in [9.17, 15) is 4.79 Å². The molecule has 1 fully saturated rings. The Balaban J connectivity index is 1.66. The zero-order chi connectivity index (χ0) is 17.6. The van der Waals surface area contributed by atoms with E-state index < -0.39 is 0 Å². The van der Waals surface area contributed by atoms with Gasteiger partial charge in [-0.15, -0.1) is 0 Å². The van der Waals surface area contributed by atoms with Crippen molar-refractivity contribution in [3.63, 3.8) is 0 Å². The van der Waals surface area contributed by atoms with Gasteiger partial charge in [-0.2, -0.15) is 0 Å². The molecule has 4 heteroatoms. The summed E-state index contributed by atoms with van der Waals surface area (Å²) in [4.78, 5) is 17.5. The van der Waals surface area contributed by atoms with Crippen LogP contribution in [0.1, 0.15) is 37.5 Å². The molecular formula is C21H28N2O2. The third-order valence-corrected chi connectivity index (χ3v) is 5.12. The third-order valence-electron chi connectivity index (χ3n) is 5.12. The van der Waals surface area contributed by atoms with Gasteiger partial charge < -0.3 is 14.2 Å². The predicted octanol–water partition coefficient (Wildman–Crippen LogP) is 3.75. The highest BCUT2D eigenvalue weighted by molar-refractivity contribution is 5.82. The van der Waals surface area contributed by atoms with Crippen LogP contribution >= 0.6 is 0 Å². The van der Waals surface area contributed by atoms with Gasteiger partial charge in [0.15, 0.2) is 0 Å². The van der Waals surface area contributed by atoms with Gasteiger partial charge in [-0.3, -0.25) is 4.79 Å². The lowest BCUT2D eigenvalue weighted by Gasteiger charge is -2.27. The smallest absolute Gasteiger partial charge is 0.226 e. The van der Waals surface area contributed by atoms with Crippen LogP contribution < -0.4 is 0 Å². The van der Waals surface area contributed by atoms with Crippen LogP contribution in [0, 0.1) is 5.92 Å². The van der Waals surface area contributed by atoms with Gasteiger partial charge in [-0.1, -0.05) is 44.2 Å². The molecule has 2 aromatic rings. The fourth-order valence-corrected chi connectivity index (χ4v) is 3.39. The highest BCUT2D eigenvalue weighted by Gasteiger charge is 2.47. The van der Waals surface area contributed by atoms with Gasteiger partial charge >= 0.3 is 0 Å². The molecule has 1 aliphatic carbocycles. The molecule has 25 heavy (non-hydrogen) atoms. The number of nitrogens with zero attached hydrogens (tertiary/aromatic N) is 2. The lowest BCUT2D eigenvalue weighted by atomic mass is 10.2. The third kappa shape index (κ3) is 4.51. The van der Waals surface area contributed by atoms with Crippen LogP contribution in [0.2, 0.25) is 0 Å². The minimum absolute atomic E-state index is 0.0755. The topological polar surface area (TPSA) is 36.7 Å². The number of furan rings is 1. The van der Waals surface area contributed by atoms with Crippen molar-refractivity contribution in [3.8, 4) is 0 Å². The average molecular weight is 340 g/mol. The van der Waals surface area contributed by atoms with Crippen molar-refractivity contribution in [2.45, 2.75) is 32.7 Å². The van der Waals surface area contributed by atoms with Crippen molar-refractivity contribution in [2.75, 3.05) is 26.2 Å². The second-order valence-corrected chi connectivity index (χ2v) is 6.74. The molecule has 0 bridgehead atoms. The Labute approximate surface area is 150 Å². The molecule has 1 heterocycles. The van der Waals surface area contributed by atoms with Crippen molar-refractivity contribution in [2.24, 2.45) is 5.92 Å². The van der Waals surface area contributed by atoms with E-state index in [0.29, 0.717) is 6.54 Å². The highest BCUT2D eigenvalue weighted by Crippen LogP contribution is 2.48. The first-order valence-corrected chi connectivity index (χ1v) is 9.31. The summed E-state index contributed by atoms with van der Waals surface area (Å²) in [6, 6.07) is 14.1. The van der Waals surface area contributed by atoms with E-state index in [1.54, 1.807) is 6.26 Å². The zero-order valence-electron chi connectivity index (χ0n) is 15.2. The Morgan fingerprint density at radius 3 is 2.48 bits per heavy atom. The van der Waals surface area contributed by atoms with Crippen molar-refractivity contribution in [3.05, 3.63) is 60.1 Å². The zero-order valence-corrected chi connectivity index (χ0v) is 15.2. The van der Waals surface area contributed by atoms with E-state index >= 15 is 0 Å². The summed E-state index contributed by atoms with van der Waals surface area (Å²) in [6.07, 6.45) is 2.60. The molecule has 0 saturated heterocycles. The van der Waals surface area contributed by atoms with Crippen LogP contribution in [-0.2, 0) is 11.3 Å². The summed E-state index contributed by atoms with van der Waals surface area (Å²) >= 11 is 0. The van der Waals surface area contributed by atoms with Crippen LogP contribution in [-0.4, -0.2) is 41.9 Å². The minimum Gasteiger partial charge on any atom is -0.469 e. The van der Waals surface area contributed by atoms with E-state index in [1.165, 1.54) is 5.56 Å². The Kier molecular flexibility index (Phi) is 5.92. The van der Waals surface area contributed by atoms with Crippen molar-refractivity contribution in [1.82, 2.24) is 9.80 Å². The van der Waals surface area contributed by atoms with Gasteiger partial charge in [-0.25, -0.2) is 0 Å². The second-order valence-electron chi connectivity index (χ2n) is 6.74. The molecule has 0 aliphatic heterocycles. The molecule has 1 aromatic heterocycles. The first kappa shape index (κ1) is 17.7. The summed E-state index contributed by atoms with van der Waals surface area (Å²) in [7, 11) is 0. The van der Waals surface area contributed by atoms with E-state index in [-0.39, 0.29) is 17.7 Å². The Bertz CT molecular complexity index is 650. The van der Waals surface area contributed by atoms with Crippen LogP contribution in [0.5, 0.6) is 0 Å². The fraction of sp³-hybridized carbons (Fsp3) is 0.476. The van der Waals surface area contributed by atoms with Crippen LogP contribution in [0.4, 0.5) is 0 Å². The normalized spacial score (nSPS) is 19.2. The van der Waals surface area contributed by atoms with Gasteiger partial charge in [0.25, 0.3) is 0 Å². The van der Waals surface area contributed by atoms with Gasteiger partial charge in [0.05, 0.1) is 6.26 Å². The number of carbonyl (C=O) groups is 1. The summed E-state index contributed by atoms with van der Waals surface area (Å²) in [5.41, 5.74) is 1.19. The number of carbonyl (C=O) groups excluding carboxylic acids is 1. The molecule has 4 nitrogen and oxygen atoms in total. The van der Waals surface area contributed by atoms with E-state index in [0.717, 1.165) is 38.4 Å².